The van der Waals surface area contributed by atoms with Gasteiger partial charge in [-0.25, -0.2) is 14.6 Å². The van der Waals surface area contributed by atoms with Crippen LogP contribution in [0.15, 0.2) is 35.0 Å². The molecule has 1 aliphatic carbocycles. The second kappa shape index (κ2) is 7.79. The molecule has 1 fully saturated rings. The zero-order valence-electron chi connectivity index (χ0n) is 17.3. The van der Waals surface area contributed by atoms with Crippen molar-refractivity contribution >= 4 is 5.91 Å². The number of hydrogen-bond donors (Lipinski definition) is 0. The molecule has 3 aromatic heterocycles. The molecule has 8 heteroatoms. The summed E-state index contributed by atoms with van der Waals surface area (Å²) in [6.07, 6.45) is 5.43. The van der Waals surface area contributed by atoms with Crippen molar-refractivity contribution in [2.24, 2.45) is 0 Å². The Hall–Kier alpha value is -3.00. The zero-order chi connectivity index (χ0) is 20.5. The van der Waals surface area contributed by atoms with E-state index in [9.17, 15) is 4.79 Å². The van der Waals surface area contributed by atoms with Crippen LogP contribution in [0.4, 0.5) is 0 Å². The van der Waals surface area contributed by atoms with Gasteiger partial charge in [0.15, 0.2) is 5.76 Å². The van der Waals surface area contributed by atoms with Crippen LogP contribution in [-0.4, -0.2) is 69.7 Å². The molecule has 0 N–H and O–H groups in total. The third-order valence-corrected chi connectivity index (χ3v) is 5.06. The quantitative estimate of drug-likeness (QED) is 0.613. The molecule has 4 rings (SSSR count). The number of nitrogens with zero attached hydrogens (tertiary/aromatic N) is 6. The number of aromatic nitrogens is 4. The summed E-state index contributed by atoms with van der Waals surface area (Å²) in [5, 5.41) is 4.49. The first-order valence-electron chi connectivity index (χ1n) is 9.82. The van der Waals surface area contributed by atoms with E-state index < -0.39 is 0 Å². The SMILES string of the molecule is Cc1ccc(-c2ccnc(-n3ncc(C(=O)N(C)CCN(C)C)c3C3CC3)n2)o1. The molecule has 8 nitrogen and oxygen atoms in total. The van der Waals surface area contributed by atoms with Gasteiger partial charge in [0.25, 0.3) is 11.9 Å². The third kappa shape index (κ3) is 4.07. The summed E-state index contributed by atoms with van der Waals surface area (Å²) < 4.78 is 7.40. The van der Waals surface area contributed by atoms with Gasteiger partial charge in [-0.3, -0.25) is 4.79 Å². The largest absolute Gasteiger partial charge is 0.460 e. The van der Waals surface area contributed by atoms with Crippen LogP contribution in [0.5, 0.6) is 0 Å². The number of carbonyl (C=O) groups is 1. The molecule has 0 radical (unpaired) electrons. The van der Waals surface area contributed by atoms with Crippen LogP contribution in [-0.2, 0) is 0 Å². The number of aryl methyl sites for hydroxylation is 1. The van der Waals surface area contributed by atoms with E-state index in [1.807, 2.05) is 46.3 Å². The number of likely N-dealkylation sites (N-methyl/N-ethyl adjacent to an activating group) is 2. The van der Waals surface area contributed by atoms with Gasteiger partial charge in [-0.1, -0.05) is 0 Å². The van der Waals surface area contributed by atoms with Gasteiger partial charge in [0, 0.05) is 32.3 Å². The van der Waals surface area contributed by atoms with Gasteiger partial charge >= 0.3 is 0 Å². The summed E-state index contributed by atoms with van der Waals surface area (Å²) >= 11 is 0. The Morgan fingerprint density at radius 2 is 2.00 bits per heavy atom. The molecule has 1 saturated carbocycles. The van der Waals surface area contributed by atoms with E-state index in [2.05, 4.69) is 20.0 Å². The Morgan fingerprint density at radius 1 is 1.21 bits per heavy atom. The molecule has 0 atom stereocenters. The van der Waals surface area contributed by atoms with E-state index in [1.165, 1.54) is 0 Å². The summed E-state index contributed by atoms with van der Waals surface area (Å²) in [6, 6.07) is 5.60. The van der Waals surface area contributed by atoms with E-state index >= 15 is 0 Å². The topological polar surface area (TPSA) is 80.3 Å². The minimum absolute atomic E-state index is 0.0159. The predicted octanol–water partition coefficient (Wildman–Crippen LogP) is 2.74. The zero-order valence-corrected chi connectivity index (χ0v) is 17.3. The Balaban J connectivity index is 1.67. The van der Waals surface area contributed by atoms with Gasteiger partial charge in [-0.15, -0.1) is 0 Å². The summed E-state index contributed by atoms with van der Waals surface area (Å²) in [4.78, 5) is 25.9. The molecule has 0 aromatic carbocycles. The molecule has 152 valence electrons. The average molecular weight is 394 g/mol. The molecule has 1 amide bonds. The fourth-order valence-corrected chi connectivity index (χ4v) is 3.25. The molecule has 1 aliphatic rings. The lowest BCUT2D eigenvalue weighted by Crippen LogP contribution is -2.33. The molecule has 0 unspecified atom stereocenters. The van der Waals surface area contributed by atoms with E-state index in [0.717, 1.165) is 30.8 Å². The fourth-order valence-electron chi connectivity index (χ4n) is 3.25. The Labute approximate surface area is 170 Å². The second-order valence-electron chi connectivity index (χ2n) is 7.81. The van der Waals surface area contributed by atoms with E-state index in [0.29, 0.717) is 35.4 Å². The number of hydrogen-bond acceptors (Lipinski definition) is 6. The van der Waals surface area contributed by atoms with Gasteiger partial charge in [-0.2, -0.15) is 5.10 Å². The van der Waals surface area contributed by atoms with Gasteiger partial charge in [0.05, 0.1) is 17.5 Å². The molecule has 29 heavy (non-hydrogen) atoms. The van der Waals surface area contributed by atoms with Gasteiger partial charge in [0.1, 0.15) is 11.5 Å². The van der Waals surface area contributed by atoms with E-state index in [1.54, 1.807) is 22.0 Å². The first-order valence-corrected chi connectivity index (χ1v) is 9.82. The number of rotatable bonds is 7. The summed E-state index contributed by atoms with van der Waals surface area (Å²) in [6.45, 7) is 3.36. The van der Waals surface area contributed by atoms with Crippen molar-refractivity contribution in [2.75, 3.05) is 34.2 Å². The van der Waals surface area contributed by atoms with Crippen molar-refractivity contribution in [3.8, 4) is 17.4 Å². The van der Waals surface area contributed by atoms with Crippen LogP contribution in [0.1, 0.15) is 40.6 Å². The second-order valence-corrected chi connectivity index (χ2v) is 7.81. The van der Waals surface area contributed by atoms with Crippen molar-refractivity contribution in [3.05, 3.63) is 47.6 Å². The molecule has 0 aliphatic heterocycles. The lowest BCUT2D eigenvalue weighted by molar-refractivity contribution is 0.0785. The van der Waals surface area contributed by atoms with Crippen molar-refractivity contribution in [2.45, 2.75) is 25.7 Å². The first-order chi connectivity index (χ1) is 13.9. The molecule has 0 spiro atoms. The van der Waals surface area contributed by atoms with Crippen molar-refractivity contribution in [1.82, 2.24) is 29.5 Å². The van der Waals surface area contributed by atoms with Crippen LogP contribution < -0.4 is 0 Å². The highest BCUT2D eigenvalue weighted by atomic mass is 16.3. The van der Waals surface area contributed by atoms with Crippen LogP contribution in [0, 0.1) is 6.92 Å². The molecule has 3 aromatic rings. The minimum atomic E-state index is -0.0159. The first kappa shape index (κ1) is 19.3. The number of furan rings is 1. The van der Waals surface area contributed by atoms with Crippen LogP contribution in [0.3, 0.4) is 0 Å². The Kier molecular flexibility index (Phi) is 5.19. The van der Waals surface area contributed by atoms with Gasteiger partial charge < -0.3 is 14.2 Å². The summed E-state index contributed by atoms with van der Waals surface area (Å²) in [5.74, 6) is 2.26. The lowest BCUT2D eigenvalue weighted by Gasteiger charge is -2.19. The van der Waals surface area contributed by atoms with Crippen LogP contribution in [0.2, 0.25) is 0 Å². The highest BCUT2D eigenvalue weighted by molar-refractivity contribution is 5.95. The maximum absolute atomic E-state index is 13.0. The highest BCUT2D eigenvalue weighted by Crippen LogP contribution is 2.42. The predicted molar refractivity (Wildman–Crippen MR) is 109 cm³/mol. The van der Waals surface area contributed by atoms with Gasteiger partial charge in [0.2, 0.25) is 0 Å². The van der Waals surface area contributed by atoms with Gasteiger partial charge in [-0.05, 0) is 52.1 Å². The van der Waals surface area contributed by atoms with Crippen molar-refractivity contribution in [1.29, 1.82) is 0 Å². The Bertz CT molecular complexity index is 1020. The number of carbonyl (C=O) groups excluding carboxylic acids is 1. The molecular weight excluding hydrogens is 368 g/mol. The van der Waals surface area contributed by atoms with E-state index in [-0.39, 0.29) is 5.91 Å². The summed E-state index contributed by atoms with van der Waals surface area (Å²) in [5.41, 5.74) is 2.23. The maximum atomic E-state index is 13.0. The smallest absolute Gasteiger partial charge is 0.257 e. The third-order valence-electron chi connectivity index (χ3n) is 5.06. The lowest BCUT2D eigenvalue weighted by atomic mass is 10.1. The minimum Gasteiger partial charge on any atom is -0.460 e. The average Bonchev–Trinajstić information content (AvgIpc) is 3.30. The highest BCUT2D eigenvalue weighted by Gasteiger charge is 2.34. The van der Waals surface area contributed by atoms with Crippen molar-refractivity contribution < 1.29 is 9.21 Å². The fraction of sp³-hybridized carbons (Fsp3) is 0.429. The maximum Gasteiger partial charge on any atom is 0.257 e. The monoisotopic (exact) mass is 394 g/mol. The number of amides is 1. The molecule has 0 saturated heterocycles. The van der Waals surface area contributed by atoms with Crippen LogP contribution in [0.25, 0.3) is 17.4 Å². The van der Waals surface area contributed by atoms with E-state index in [4.69, 9.17) is 4.42 Å². The Morgan fingerprint density at radius 3 is 2.66 bits per heavy atom. The summed E-state index contributed by atoms with van der Waals surface area (Å²) in [7, 11) is 5.82. The molecular formula is C21H26N6O2. The molecule has 0 bridgehead atoms. The van der Waals surface area contributed by atoms with Crippen molar-refractivity contribution in [3.63, 3.8) is 0 Å². The normalized spacial score (nSPS) is 13.8. The molecule has 3 heterocycles. The van der Waals surface area contributed by atoms with Crippen LogP contribution >= 0.6 is 0 Å². The standard InChI is InChI=1S/C21H26N6O2/c1-14-5-8-18(29-14)17-9-10-22-21(24-17)27-19(15-6-7-15)16(13-23-27)20(28)26(4)12-11-25(2)3/h5,8-10,13,15H,6-7,11-12H2,1-4H3.